The Labute approximate surface area is 192 Å². The number of hydrogen-bond acceptors (Lipinski definition) is 3. The van der Waals surface area contributed by atoms with Crippen LogP contribution in [0.1, 0.15) is 44.5 Å². The zero-order valence-electron chi connectivity index (χ0n) is 17.7. The summed E-state index contributed by atoms with van der Waals surface area (Å²) in [6.07, 6.45) is 7.47. The largest absolute Gasteiger partial charge is 0.357 e. The molecule has 29 heavy (non-hydrogen) atoms. The Morgan fingerprint density at radius 1 is 1.17 bits per heavy atom. The zero-order valence-corrected chi connectivity index (χ0v) is 20.0. The second-order valence-corrected chi connectivity index (χ2v) is 7.41. The number of likely N-dealkylation sites (tertiary alicyclic amines) is 1. The van der Waals surface area contributed by atoms with Crippen LogP contribution < -0.4 is 10.6 Å². The lowest BCUT2D eigenvalue weighted by molar-refractivity contribution is 0.206. The van der Waals surface area contributed by atoms with E-state index in [1.165, 1.54) is 44.5 Å². The van der Waals surface area contributed by atoms with Gasteiger partial charge in [0.1, 0.15) is 12.4 Å². The van der Waals surface area contributed by atoms with Crippen molar-refractivity contribution in [1.29, 1.82) is 0 Å². The SMILES string of the molecule is CCCN1CCC(NC(=NCc2nccn2Cc2ccccc2)NCC)CC1.I. The van der Waals surface area contributed by atoms with E-state index in [0.29, 0.717) is 12.6 Å². The maximum atomic E-state index is 4.81. The van der Waals surface area contributed by atoms with Gasteiger partial charge in [0.05, 0.1) is 0 Å². The maximum Gasteiger partial charge on any atom is 0.191 e. The van der Waals surface area contributed by atoms with Gasteiger partial charge in [-0.1, -0.05) is 37.3 Å². The van der Waals surface area contributed by atoms with Crippen molar-refractivity contribution in [3.8, 4) is 0 Å². The highest BCUT2D eigenvalue weighted by Gasteiger charge is 2.19. The molecule has 0 atom stereocenters. The molecule has 1 fully saturated rings. The first-order valence-electron chi connectivity index (χ1n) is 10.6. The first-order chi connectivity index (χ1) is 13.8. The van der Waals surface area contributed by atoms with E-state index < -0.39 is 0 Å². The number of rotatable bonds is 8. The van der Waals surface area contributed by atoms with Crippen LogP contribution in [0.3, 0.4) is 0 Å². The van der Waals surface area contributed by atoms with Crippen molar-refractivity contribution >= 4 is 29.9 Å². The number of guanidine groups is 1. The molecule has 160 valence electrons. The van der Waals surface area contributed by atoms with Crippen LogP contribution in [0.15, 0.2) is 47.7 Å². The summed E-state index contributed by atoms with van der Waals surface area (Å²) in [7, 11) is 0. The molecule has 0 radical (unpaired) electrons. The second-order valence-electron chi connectivity index (χ2n) is 7.41. The standard InChI is InChI=1S/C22H34N6.HI/c1-3-13-27-14-10-20(11-15-27)26-22(23-4-2)25-17-21-24-12-16-28(21)18-19-8-6-5-7-9-19;/h5-9,12,16,20H,3-4,10-11,13-15,17-18H2,1-2H3,(H2,23,25,26);1H. The van der Waals surface area contributed by atoms with Crippen LogP contribution >= 0.6 is 24.0 Å². The molecule has 0 bridgehead atoms. The Morgan fingerprint density at radius 3 is 2.62 bits per heavy atom. The number of aromatic nitrogens is 2. The normalized spacial score (nSPS) is 15.7. The van der Waals surface area contributed by atoms with E-state index in [1.54, 1.807) is 0 Å². The van der Waals surface area contributed by atoms with Crippen LogP contribution in [-0.2, 0) is 13.1 Å². The molecule has 6 nitrogen and oxygen atoms in total. The van der Waals surface area contributed by atoms with Crippen molar-refractivity contribution < 1.29 is 0 Å². The topological polar surface area (TPSA) is 57.5 Å². The summed E-state index contributed by atoms with van der Waals surface area (Å²) < 4.78 is 2.17. The first-order valence-corrected chi connectivity index (χ1v) is 10.6. The minimum absolute atomic E-state index is 0. The molecule has 0 saturated carbocycles. The van der Waals surface area contributed by atoms with Crippen LogP contribution in [0.4, 0.5) is 0 Å². The van der Waals surface area contributed by atoms with Crippen molar-refractivity contribution in [2.75, 3.05) is 26.2 Å². The first kappa shape index (κ1) is 23.7. The highest BCUT2D eigenvalue weighted by Crippen LogP contribution is 2.11. The van der Waals surface area contributed by atoms with Crippen molar-refractivity contribution in [1.82, 2.24) is 25.1 Å². The molecule has 1 aliphatic rings. The summed E-state index contributed by atoms with van der Waals surface area (Å²) in [6.45, 7) is 10.2. The number of imidazole rings is 1. The second kappa shape index (κ2) is 12.8. The van der Waals surface area contributed by atoms with Crippen LogP contribution in [-0.4, -0.2) is 52.6 Å². The molecule has 1 saturated heterocycles. The highest BCUT2D eigenvalue weighted by molar-refractivity contribution is 14.0. The third kappa shape index (κ3) is 7.62. The Morgan fingerprint density at radius 2 is 1.93 bits per heavy atom. The van der Waals surface area contributed by atoms with Crippen LogP contribution in [0.2, 0.25) is 0 Å². The summed E-state index contributed by atoms with van der Waals surface area (Å²) in [5, 5.41) is 7.01. The van der Waals surface area contributed by atoms with Gasteiger partial charge in [-0.25, -0.2) is 9.98 Å². The van der Waals surface area contributed by atoms with Crippen molar-refractivity contribution in [2.24, 2.45) is 4.99 Å². The molecule has 2 aromatic rings. The predicted octanol–water partition coefficient (Wildman–Crippen LogP) is 3.48. The Bertz CT molecular complexity index is 722. The number of benzene rings is 1. The summed E-state index contributed by atoms with van der Waals surface area (Å²) in [5.41, 5.74) is 1.27. The van der Waals surface area contributed by atoms with Gasteiger partial charge in [-0.2, -0.15) is 0 Å². The van der Waals surface area contributed by atoms with E-state index in [2.05, 4.69) is 63.2 Å². The van der Waals surface area contributed by atoms with E-state index in [9.17, 15) is 0 Å². The summed E-state index contributed by atoms with van der Waals surface area (Å²) in [4.78, 5) is 11.9. The summed E-state index contributed by atoms with van der Waals surface area (Å²) in [6, 6.07) is 11.0. The highest BCUT2D eigenvalue weighted by atomic mass is 127. The minimum atomic E-state index is 0. The van der Waals surface area contributed by atoms with Gasteiger partial charge in [-0.15, -0.1) is 24.0 Å². The van der Waals surface area contributed by atoms with Gasteiger partial charge < -0.3 is 20.1 Å². The van der Waals surface area contributed by atoms with E-state index in [0.717, 1.165) is 24.9 Å². The number of nitrogens with one attached hydrogen (secondary N) is 2. The molecule has 2 heterocycles. The number of aliphatic imine (C=N–C) groups is 1. The quantitative estimate of drug-likeness (QED) is 0.325. The number of piperidine rings is 1. The van der Waals surface area contributed by atoms with Crippen molar-refractivity contribution in [3.63, 3.8) is 0 Å². The lowest BCUT2D eigenvalue weighted by Crippen LogP contribution is -2.48. The van der Waals surface area contributed by atoms with E-state index in [1.807, 2.05) is 18.5 Å². The molecule has 0 spiro atoms. The molecule has 7 heteroatoms. The Kier molecular flexibility index (Phi) is 10.5. The maximum absolute atomic E-state index is 4.81. The van der Waals surface area contributed by atoms with Crippen LogP contribution in [0, 0.1) is 0 Å². The van der Waals surface area contributed by atoms with Crippen LogP contribution in [0.25, 0.3) is 0 Å². The van der Waals surface area contributed by atoms with Gasteiger partial charge in [0.2, 0.25) is 0 Å². The Hall–Kier alpha value is -1.61. The minimum Gasteiger partial charge on any atom is -0.357 e. The number of halogens is 1. The fourth-order valence-electron chi connectivity index (χ4n) is 3.70. The Balaban J connectivity index is 0.00000300. The molecule has 3 rings (SSSR count). The fourth-order valence-corrected chi connectivity index (χ4v) is 3.70. The average Bonchev–Trinajstić information content (AvgIpc) is 3.16. The average molecular weight is 510 g/mol. The third-order valence-electron chi connectivity index (χ3n) is 5.19. The smallest absolute Gasteiger partial charge is 0.191 e. The van der Waals surface area contributed by atoms with E-state index in [-0.39, 0.29) is 24.0 Å². The van der Waals surface area contributed by atoms with Gasteiger partial charge in [-0.05, 0) is 38.3 Å². The molecular formula is C22H35IN6. The number of nitrogens with zero attached hydrogens (tertiary/aromatic N) is 4. The third-order valence-corrected chi connectivity index (χ3v) is 5.19. The van der Waals surface area contributed by atoms with E-state index >= 15 is 0 Å². The molecule has 0 unspecified atom stereocenters. The molecular weight excluding hydrogens is 475 g/mol. The predicted molar refractivity (Wildman–Crippen MR) is 131 cm³/mol. The fraction of sp³-hybridized carbons (Fsp3) is 0.545. The monoisotopic (exact) mass is 510 g/mol. The van der Waals surface area contributed by atoms with E-state index in [4.69, 9.17) is 4.99 Å². The van der Waals surface area contributed by atoms with Gasteiger partial charge in [0.25, 0.3) is 0 Å². The molecule has 2 N–H and O–H groups in total. The number of hydrogen-bond donors (Lipinski definition) is 2. The van der Waals surface area contributed by atoms with Gasteiger partial charge >= 0.3 is 0 Å². The lowest BCUT2D eigenvalue weighted by Gasteiger charge is -2.32. The summed E-state index contributed by atoms with van der Waals surface area (Å²) >= 11 is 0. The molecule has 1 aliphatic heterocycles. The lowest BCUT2D eigenvalue weighted by atomic mass is 10.1. The van der Waals surface area contributed by atoms with Gasteiger partial charge in [0, 0.05) is 44.6 Å². The summed E-state index contributed by atoms with van der Waals surface area (Å²) in [5.74, 6) is 1.88. The van der Waals surface area contributed by atoms with Crippen molar-refractivity contribution in [3.05, 3.63) is 54.1 Å². The van der Waals surface area contributed by atoms with Gasteiger partial charge in [0.15, 0.2) is 5.96 Å². The molecule has 0 aliphatic carbocycles. The molecule has 1 aromatic heterocycles. The zero-order chi connectivity index (χ0) is 19.6. The molecule has 0 amide bonds. The van der Waals surface area contributed by atoms with Crippen molar-refractivity contribution in [2.45, 2.75) is 52.2 Å². The van der Waals surface area contributed by atoms with Crippen LogP contribution in [0.5, 0.6) is 0 Å². The molecule has 1 aromatic carbocycles. The van der Waals surface area contributed by atoms with Gasteiger partial charge in [-0.3, -0.25) is 0 Å².